The quantitative estimate of drug-likeness (QED) is 0.366. The summed E-state index contributed by atoms with van der Waals surface area (Å²) in [5.41, 5.74) is 12.8. The Bertz CT molecular complexity index is 1520. The fraction of sp³-hybridized carbons (Fsp3) is 0.167. The zero-order valence-corrected chi connectivity index (χ0v) is 18.5. The summed E-state index contributed by atoms with van der Waals surface area (Å²) in [7, 11) is 0. The van der Waals surface area contributed by atoms with Crippen molar-refractivity contribution in [2.24, 2.45) is 15.9 Å². The molecule has 0 spiro atoms. The number of quaternary nitrogens is 1. The summed E-state index contributed by atoms with van der Waals surface area (Å²) in [6, 6.07) is 11.6. The van der Waals surface area contributed by atoms with Crippen molar-refractivity contribution in [3.8, 4) is 0 Å². The fourth-order valence-corrected chi connectivity index (χ4v) is 4.48. The van der Waals surface area contributed by atoms with Crippen molar-refractivity contribution in [2.75, 3.05) is 4.90 Å². The molecule has 0 bridgehead atoms. The van der Waals surface area contributed by atoms with Crippen LogP contribution in [0.1, 0.15) is 28.1 Å². The van der Waals surface area contributed by atoms with Gasteiger partial charge in [-0.05, 0) is 48.7 Å². The normalized spacial score (nSPS) is 21.6. The van der Waals surface area contributed by atoms with Gasteiger partial charge in [-0.25, -0.2) is 14.6 Å². The summed E-state index contributed by atoms with van der Waals surface area (Å²) < 4.78 is 9.91. The lowest BCUT2D eigenvalue weighted by Gasteiger charge is -2.47. The van der Waals surface area contributed by atoms with Gasteiger partial charge in [-0.1, -0.05) is 28.4 Å². The Hall–Kier alpha value is -4.12. The minimum absolute atomic E-state index is 0.229. The van der Waals surface area contributed by atoms with Crippen molar-refractivity contribution < 1.29 is 13.5 Å². The highest BCUT2D eigenvalue weighted by Gasteiger charge is 2.45. The Morgan fingerprint density at radius 3 is 2.76 bits per heavy atom. The smallest absolute Gasteiger partial charge is 0.265 e. The van der Waals surface area contributed by atoms with Crippen LogP contribution in [0.3, 0.4) is 0 Å². The third kappa shape index (κ3) is 3.00. The molecule has 4 aromatic rings. The molecule has 2 N–H and O–H groups in total. The average molecular weight is 455 g/mol. The van der Waals surface area contributed by atoms with E-state index in [0.717, 1.165) is 39.3 Å². The number of nitrogens with two attached hydrogens (primary N) is 1. The van der Waals surface area contributed by atoms with Crippen LogP contribution in [0.4, 0.5) is 5.69 Å². The van der Waals surface area contributed by atoms with Gasteiger partial charge in [0.2, 0.25) is 12.6 Å². The van der Waals surface area contributed by atoms with Gasteiger partial charge >= 0.3 is 0 Å². The highest BCUT2D eigenvalue weighted by Crippen LogP contribution is 2.37. The number of anilines is 1. The number of hydrogen-bond acceptors (Lipinski definition) is 9. The zero-order chi connectivity index (χ0) is 23.4. The van der Waals surface area contributed by atoms with E-state index in [1.807, 2.05) is 56.4 Å². The maximum absolute atomic E-state index is 14.0. The minimum atomic E-state index is -1.01. The molecule has 0 amide bonds. The Balaban J connectivity index is 1.51. The van der Waals surface area contributed by atoms with Crippen molar-refractivity contribution in [3.63, 3.8) is 0 Å². The second kappa shape index (κ2) is 7.45. The molecule has 0 saturated heterocycles. The summed E-state index contributed by atoms with van der Waals surface area (Å²) in [5, 5.41) is 22.1. The number of amidine groups is 1. The van der Waals surface area contributed by atoms with Crippen LogP contribution >= 0.6 is 0 Å². The molecule has 10 nitrogen and oxygen atoms in total. The van der Waals surface area contributed by atoms with Crippen molar-refractivity contribution in [2.45, 2.75) is 26.6 Å². The molecule has 2 unspecified atom stereocenters. The average Bonchev–Trinajstić information content (AvgIpc) is 3.56. The molecule has 170 valence electrons. The molecule has 34 heavy (non-hydrogen) atoms. The molecule has 2 aromatic heterocycles. The second-order valence-electron chi connectivity index (χ2n) is 8.38. The van der Waals surface area contributed by atoms with E-state index >= 15 is 0 Å². The van der Waals surface area contributed by atoms with Gasteiger partial charge < -0.3 is 14.0 Å². The summed E-state index contributed by atoms with van der Waals surface area (Å²) in [4.78, 5) is 10.4. The van der Waals surface area contributed by atoms with Crippen molar-refractivity contribution in [3.05, 3.63) is 88.7 Å². The number of hydroxylamine groups is 3. The summed E-state index contributed by atoms with van der Waals surface area (Å²) in [5.74, 6) is 0.977. The summed E-state index contributed by atoms with van der Waals surface area (Å²) >= 11 is 0. The van der Waals surface area contributed by atoms with Crippen LogP contribution in [0, 0.1) is 19.1 Å². The van der Waals surface area contributed by atoms with Crippen LogP contribution in [0.5, 0.6) is 0 Å². The predicted molar refractivity (Wildman–Crippen MR) is 127 cm³/mol. The molecule has 10 heteroatoms. The lowest BCUT2D eigenvalue weighted by molar-refractivity contribution is -0.710. The van der Waals surface area contributed by atoms with E-state index < -0.39 is 10.9 Å². The highest BCUT2D eigenvalue weighted by molar-refractivity contribution is 6.23. The molecular formula is C24H21N7O3. The van der Waals surface area contributed by atoms with E-state index in [-0.39, 0.29) is 5.84 Å². The first-order chi connectivity index (χ1) is 16.5. The third-order valence-electron chi connectivity index (χ3n) is 6.30. The fourth-order valence-electron chi connectivity index (χ4n) is 4.48. The lowest BCUT2D eigenvalue weighted by atomic mass is 9.99. The maximum atomic E-state index is 14.0. The first-order valence-corrected chi connectivity index (χ1v) is 10.7. The number of aryl methyl sites for hydroxylation is 2. The number of nitrogens with zero attached hydrogens (tertiary/aromatic N) is 6. The van der Waals surface area contributed by atoms with Gasteiger partial charge in [0.15, 0.2) is 18.4 Å². The number of fused-ring (bicyclic) bond motifs is 2. The molecule has 0 radical (unpaired) electrons. The van der Waals surface area contributed by atoms with Gasteiger partial charge in [-0.3, -0.25) is 10.6 Å². The van der Waals surface area contributed by atoms with E-state index in [0.29, 0.717) is 17.6 Å². The van der Waals surface area contributed by atoms with Gasteiger partial charge in [0.1, 0.15) is 11.3 Å². The largest absolute Gasteiger partial charge is 0.617 e. The van der Waals surface area contributed by atoms with E-state index in [4.69, 9.17) is 14.6 Å². The van der Waals surface area contributed by atoms with Gasteiger partial charge in [0, 0.05) is 12.6 Å². The Labute approximate surface area is 194 Å². The van der Waals surface area contributed by atoms with Crippen LogP contribution in [0.25, 0.3) is 16.7 Å². The number of rotatable bonds is 4. The Morgan fingerprint density at radius 1 is 1.12 bits per heavy atom. The Kier molecular flexibility index (Phi) is 4.49. The predicted octanol–water partition coefficient (Wildman–Crippen LogP) is 3.80. The topological polar surface area (TPSA) is 129 Å². The molecule has 2 atom stereocenters. The zero-order valence-electron chi connectivity index (χ0n) is 18.5. The lowest BCUT2D eigenvalue weighted by Crippen LogP contribution is -2.66. The van der Waals surface area contributed by atoms with Crippen molar-refractivity contribution >= 4 is 34.5 Å². The second-order valence-corrected chi connectivity index (χ2v) is 8.38. The number of oxazole rings is 2. The molecular weight excluding hydrogens is 434 g/mol. The molecule has 2 aliphatic rings. The standard InChI is InChI=1S/C24H21N7O3/c1-14-7-17(9-21-22(14)27-13-34-21)18-10-30(24(25)31(32)11-28-29-23(18)31)20-6-4-3-5-16(20)8-19-15(2)33-12-26-19/h3-7,9-13,24H,8,25H2,1-2H3. The number of hydrogen-bond donors (Lipinski definition) is 1. The molecule has 0 saturated carbocycles. The molecule has 0 aliphatic carbocycles. The van der Waals surface area contributed by atoms with Crippen molar-refractivity contribution in [1.82, 2.24) is 9.97 Å². The van der Waals surface area contributed by atoms with Crippen LogP contribution in [0.2, 0.25) is 0 Å². The van der Waals surface area contributed by atoms with E-state index in [2.05, 4.69) is 20.2 Å². The molecule has 0 fully saturated rings. The van der Waals surface area contributed by atoms with E-state index in [1.54, 1.807) is 4.90 Å². The van der Waals surface area contributed by atoms with Crippen molar-refractivity contribution in [1.29, 1.82) is 0 Å². The van der Waals surface area contributed by atoms with Crippen LogP contribution in [-0.2, 0) is 6.42 Å². The van der Waals surface area contributed by atoms with Gasteiger partial charge in [0.05, 0.1) is 17.0 Å². The maximum Gasteiger partial charge on any atom is 0.265 e. The third-order valence-corrected chi connectivity index (χ3v) is 6.30. The monoisotopic (exact) mass is 455 g/mol. The van der Waals surface area contributed by atoms with Gasteiger partial charge in [-0.2, -0.15) is 0 Å². The number of aromatic nitrogens is 2. The van der Waals surface area contributed by atoms with Crippen LogP contribution in [-0.4, -0.2) is 33.1 Å². The first kappa shape index (κ1) is 20.5. The molecule has 2 aromatic carbocycles. The summed E-state index contributed by atoms with van der Waals surface area (Å²) in [6.45, 7) is 3.82. The molecule has 4 heterocycles. The number of para-hydroxylation sites is 1. The van der Waals surface area contributed by atoms with Gasteiger partial charge in [0.25, 0.3) is 5.84 Å². The van der Waals surface area contributed by atoms with E-state index in [1.165, 1.54) is 19.1 Å². The van der Waals surface area contributed by atoms with Gasteiger partial charge in [-0.15, -0.1) is 0 Å². The molecule has 2 aliphatic heterocycles. The van der Waals surface area contributed by atoms with Crippen LogP contribution < -0.4 is 10.6 Å². The van der Waals surface area contributed by atoms with Crippen LogP contribution in [0.15, 0.2) is 74.4 Å². The molecule has 6 rings (SSSR count). The first-order valence-electron chi connectivity index (χ1n) is 10.7. The SMILES string of the molecule is Cc1ocnc1Cc1ccccc1N1C=C(c2cc(C)c3ncoc3c2)C2=NN=C[N+]2([O-])C1N. The number of benzene rings is 2. The Morgan fingerprint density at radius 2 is 1.94 bits per heavy atom. The minimum Gasteiger partial charge on any atom is -0.617 e. The highest BCUT2D eigenvalue weighted by atomic mass is 16.6. The summed E-state index contributed by atoms with van der Waals surface area (Å²) in [6.07, 6.45) is 5.44. The van der Waals surface area contributed by atoms with E-state index in [9.17, 15) is 5.21 Å².